The van der Waals surface area contributed by atoms with Crippen molar-refractivity contribution < 1.29 is 13.2 Å². The summed E-state index contributed by atoms with van der Waals surface area (Å²) < 4.78 is 41.7. The number of thioether (sulfide) groups is 2. The van der Waals surface area contributed by atoms with Crippen molar-refractivity contribution >= 4 is 51.1 Å². The van der Waals surface area contributed by atoms with E-state index in [1.54, 1.807) is 40.7 Å². The number of nitrogens with zero attached hydrogens (tertiary/aromatic N) is 4. The molecule has 38 heavy (non-hydrogen) atoms. The summed E-state index contributed by atoms with van der Waals surface area (Å²) in [4.78, 5) is 14.4. The molecule has 0 amide bonds. The Kier molecular flexibility index (Phi) is 7.63. The van der Waals surface area contributed by atoms with Crippen LogP contribution in [0.25, 0.3) is 28.3 Å². The topological polar surface area (TPSA) is 52.7 Å². The van der Waals surface area contributed by atoms with Crippen LogP contribution in [0.1, 0.15) is 5.56 Å². The molecule has 0 N–H and O–H groups in total. The van der Waals surface area contributed by atoms with E-state index in [2.05, 4.69) is 26.1 Å². The van der Waals surface area contributed by atoms with Gasteiger partial charge in [0.05, 0.1) is 22.9 Å². The first-order valence-corrected chi connectivity index (χ1v) is 14.3. The zero-order chi connectivity index (χ0) is 27.0. The van der Waals surface area contributed by atoms with Crippen LogP contribution in [-0.2, 0) is 6.54 Å². The van der Waals surface area contributed by atoms with Crippen molar-refractivity contribution in [2.45, 2.75) is 21.8 Å². The number of hydrogen-bond donors (Lipinski definition) is 0. The van der Waals surface area contributed by atoms with E-state index >= 15 is 0 Å². The van der Waals surface area contributed by atoms with Crippen molar-refractivity contribution in [2.75, 3.05) is 6.26 Å². The van der Waals surface area contributed by atoms with Gasteiger partial charge in [0, 0.05) is 19.8 Å². The molecule has 0 saturated carbocycles. The summed E-state index contributed by atoms with van der Waals surface area (Å²) in [6, 6.07) is 20.9. The standard InChI is InChI=1S/C26H17BrClF3N4OS2/c1-37-18-9-5-17(6-10-18)35-23(20-11-4-16(27)12-21(20)28)13-22-24(33-35)25(36)34(32-22)14-15-2-7-19(8-3-15)38-26(29,30)31/h2-13H,14H2,1H3. The van der Waals surface area contributed by atoms with Crippen LogP contribution >= 0.6 is 51.1 Å². The number of hydrogen-bond acceptors (Lipinski definition) is 5. The van der Waals surface area contributed by atoms with E-state index in [9.17, 15) is 18.0 Å². The highest BCUT2D eigenvalue weighted by Crippen LogP contribution is 2.37. The minimum Gasteiger partial charge on any atom is -0.265 e. The Hall–Kier alpha value is -2.73. The zero-order valence-corrected chi connectivity index (χ0v) is 23.5. The van der Waals surface area contributed by atoms with Crippen LogP contribution in [-0.4, -0.2) is 31.3 Å². The van der Waals surface area contributed by atoms with Crippen LogP contribution < -0.4 is 5.56 Å². The molecule has 194 valence electrons. The molecule has 0 saturated heterocycles. The van der Waals surface area contributed by atoms with Gasteiger partial charge < -0.3 is 0 Å². The van der Waals surface area contributed by atoms with E-state index in [4.69, 9.17) is 11.6 Å². The van der Waals surface area contributed by atoms with Crippen LogP contribution in [0, 0.1) is 0 Å². The lowest BCUT2D eigenvalue weighted by Gasteiger charge is -2.15. The Bertz CT molecular complexity index is 1640. The second-order valence-corrected chi connectivity index (χ2v) is 11.5. The SMILES string of the molecule is CSc1ccc(-n2nc3c(=O)n(Cc4ccc(SC(F)(F)F)cc4)nc-3cc2-c2ccc(Br)cc2Cl)cc1. The summed E-state index contributed by atoms with van der Waals surface area (Å²) in [5, 5.41) is 9.64. The summed E-state index contributed by atoms with van der Waals surface area (Å²) in [5.41, 5.74) is -1.50. The molecule has 3 aromatic carbocycles. The van der Waals surface area contributed by atoms with Crippen molar-refractivity contribution in [1.29, 1.82) is 0 Å². The molecule has 0 bridgehead atoms. The minimum absolute atomic E-state index is 0.0699. The predicted molar refractivity (Wildman–Crippen MR) is 150 cm³/mol. The Morgan fingerprint density at radius 2 is 1.63 bits per heavy atom. The van der Waals surface area contributed by atoms with Crippen molar-refractivity contribution in [2.24, 2.45) is 0 Å². The van der Waals surface area contributed by atoms with E-state index in [0.29, 0.717) is 27.5 Å². The van der Waals surface area contributed by atoms with Crippen LogP contribution in [0.4, 0.5) is 13.2 Å². The number of benzene rings is 3. The molecule has 0 spiro atoms. The maximum atomic E-state index is 13.3. The summed E-state index contributed by atoms with van der Waals surface area (Å²) in [5.74, 6) is 0. The number of alkyl halides is 3. The number of fused-ring (bicyclic) bond motifs is 1. The van der Waals surface area contributed by atoms with E-state index in [-0.39, 0.29) is 28.9 Å². The third-order valence-electron chi connectivity index (χ3n) is 5.62. The third-order valence-corrected chi connectivity index (χ3v) is 7.91. The lowest BCUT2D eigenvalue weighted by atomic mass is 10.1. The minimum atomic E-state index is -4.37. The van der Waals surface area contributed by atoms with Crippen LogP contribution in [0.15, 0.2) is 91.9 Å². The summed E-state index contributed by atoms with van der Waals surface area (Å²) in [6.07, 6.45) is 1.99. The predicted octanol–water partition coefficient (Wildman–Crippen LogP) is 8.00. The fourth-order valence-corrected chi connectivity index (χ4v) is 5.59. The highest BCUT2D eigenvalue weighted by atomic mass is 79.9. The Balaban J connectivity index is 1.59. The zero-order valence-electron chi connectivity index (χ0n) is 19.5. The molecular formula is C26H17BrClF3N4OS2. The quantitative estimate of drug-likeness (QED) is 0.177. The molecule has 5 nitrogen and oxygen atoms in total. The van der Waals surface area contributed by atoms with Gasteiger partial charge in [0.15, 0.2) is 5.69 Å². The van der Waals surface area contributed by atoms with Gasteiger partial charge in [0.1, 0.15) is 5.69 Å². The average molecular weight is 638 g/mol. The highest BCUT2D eigenvalue weighted by Gasteiger charge is 2.29. The Morgan fingerprint density at radius 3 is 2.26 bits per heavy atom. The fraction of sp³-hybridized carbons (Fsp3) is 0.115. The molecule has 0 unspecified atom stereocenters. The van der Waals surface area contributed by atoms with Gasteiger partial charge in [-0.05, 0) is 78.2 Å². The maximum absolute atomic E-state index is 13.3. The largest absolute Gasteiger partial charge is 0.446 e. The second-order valence-electron chi connectivity index (χ2n) is 8.15. The lowest BCUT2D eigenvalue weighted by molar-refractivity contribution is -0.0328. The highest BCUT2D eigenvalue weighted by molar-refractivity contribution is 9.10. The Morgan fingerprint density at radius 1 is 0.947 bits per heavy atom. The van der Waals surface area contributed by atoms with Gasteiger partial charge in [-0.25, -0.2) is 9.36 Å². The lowest BCUT2D eigenvalue weighted by Crippen LogP contribution is -2.19. The maximum Gasteiger partial charge on any atom is 0.446 e. The van der Waals surface area contributed by atoms with Gasteiger partial charge in [-0.3, -0.25) is 4.79 Å². The molecular weight excluding hydrogens is 621 g/mol. The molecule has 0 atom stereocenters. The summed E-state index contributed by atoms with van der Waals surface area (Å²) in [7, 11) is 0. The van der Waals surface area contributed by atoms with Gasteiger partial charge in [-0.1, -0.05) is 45.7 Å². The molecule has 0 aliphatic carbocycles. The molecule has 12 heteroatoms. The van der Waals surface area contributed by atoms with Gasteiger partial charge in [0.25, 0.3) is 5.56 Å². The monoisotopic (exact) mass is 636 g/mol. The van der Waals surface area contributed by atoms with Crippen LogP contribution in [0.5, 0.6) is 0 Å². The molecule has 0 fully saturated rings. The third kappa shape index (κ3) is 5.80. The van der Waals surface area contributed by atoms with E-state index in [1.165, 1.54) is 16.8 Å². The van der Waals surface area contributed by atoms with E-state index in [1.807, 2.05) is 42.7 Å². The van der Waals surface area contributed by atoms with Gasteiger partial charge in [0.2, 0.25) is 0 Å². The molecule has 2 aliphatic rings. The molecule has 0 aromatic heterocycles. The van der Waals surface area contributed by atoms with E-state index in [0.717, 1.165) is 15.1 Å². The van der Waals surface area contributed by atoms with Crippen molar-refractivity contribution in [1.82, 2.24) is 19.6 Å². The normalized spacial score (nSPS) is 11.8. The smallest absolute Gasteiger partial charge is 0.265 e. The van der Waals surface area contributed by atoms with Crippen LogP contribution in [0.2, 0.25) is 5.02 Å². The number of rotatable bonds is 6. The van der Waals surface area contributed by atoms with Crippen LogP contribution in [0.3, 0.4) is 0 Å². The average Bonchev–Trinajstić information content (AvgIpc) is 3.18. The fourth-order valence-electron chi connectivity index (χ4n) is 3.88. The number of aromatic nitrogens is 4. The first-order valence-electron chi connectivity index (χ1n) is 11.1. The molecule has 2 heterocycles. The first-order chi connectivity index (χ1) is 18.1. The number of halogens is 5. The van der Waals surface area contributed by atoms with Gasteiger partial charge in [-0.2, -0.15) is 23.4 Å². The molecule has 3 aromatic rings. The van der Waals surface area contributed by atoms with Crippen molar-refractivity contribution in [3.05, 3.63) is 98.2 Å². The van der Waals surface area contributed by atoms with E-state index < -0.39 is 11.1 Å². The van der Waals surface area contributed by atoms with Crippen molar-refractivity contribution in [3.8, 4) is 28.3 Å². The van der Waals surface area contributed by atoms with Gasteiger partial charge >= 0.3 is 5.51 Å². The second kappa shape index (κ2) is 10.8. The van der Waals surface area contributed by atoms with Gasteiger partial charge in [-0.15, -0.1) is 11.8 Å². The Labute approximate surface area is 237 Å². The first kappa shape index (κ1) is 26.9. The van der Waals surface area contributed by atoms with Crippen molar-refractivity contribution in [3.63, 3.8) is 0 Å². The molecule has 2 aliphatic heterocycles. The summed E-state index contributed by atoms with van der Waals surface area (Å²) >= 11 is 11.4. The molecule has 0 radical (unpaired) electrons. The summed E-state index contributed by atoms with van der Waals surface area (Å²) in [6.45, 7) is 0.0863. The molecule has 5 rings (SSSR count).